The number of halogens is 1. The van der Waals surface area contributed by atoms with Crippen LogP contribution in [0.5, 0.6) is 0 Å². The molecular weight excluding hydrogens is 913 g/mol. The molecule has 4 heterocycles. The van der Waals surface area contributed by atoms with Gasteiger partial charge in [0.1, 0.15) is 11.0 Å². The number of nitrogens with zero attached hydrogens (tertiary/aromatic N) is 3. The van der Waals surface area contributed by atoms with Gasteiger partial charge in [-0.3, -0.25) is 0 Å². The summed E-state index contributed by atoms with van der Waals surface area (Å²) in [5.41, 5.74) is 16.2. The van der Waals surface area contributed by atoms with E-state index in [1.807, 2.05) is 78.9 Å². The van der Waals surface area contributed by atoms with Crippen molar-refractivity contribution >= 4 is 81.7 Å². The first-order valence-corrected chi connectivity index (χ1v) is 23.6. The molecule has 0 fully saturated rings. The van der Waals surface area contributed by atoms with Crippen LogP contribution in [0.2, 0.25) is 0 Å². The molecule has 328 valence electrons. The molecule has 0 amide bonds. The normalized spacial score (nSPS) is 11.3. The molecular formula is C62H41BrN4O2. The van der Waals surface area contributed by atoms with Crippen LogP contribution < -0.4 is 0 Å². The summed E-state index contributed by atoms with van der Waals surface area (Å²) < 4.78 is 15.0. The van der Waals surface area contributed by atoms with E-state index in [2.05, 4.69) is 199 Å². The van der Waals surface area contributed by atoms with Gasteiger partial charge in [-0.05, 0) is 131 Å². The van der Waals surface area contributed by atoms with Crippen molar-refractivity contribution in [3.63, 3.8) is 0 Å². The number of benzene rings is 10. The van der Waals surface area contributed by atoms with Crippen molar-refractivity contribution in [1.29, 1.82) is 0 Å². The molecule has 6 nitrogen and oxygen atoms in total. The average Bonchev–Trinajstić information content (AvgIpc) is 4.22. The standard InChI is InChI=1S/C31H20N2O.C18H13N.C13H8BrNO/c1-2-8-21(9-3-1)23-16-19-29-26(20-23)25-10-4-6-12-28(25)33(29)24-17-14-22(15-18-24)31-32-27-11-5-7-13-30(27)34-31;1-2-6-13(7-3-1)14-10-11-18-16(12-14)15-8-4-5-9-17(15)19-18;14-10-7-5-9(6-8-10)13-15-11-3-1-2-4-12(11)16-13/h1-20H;1-12,19H;1-8H. The lowest BCUT2D eigenvalue weighted by Gasteiger charge is -2.09. The second-order valence-electron chi connectivity index (χ2n) is 16.8. The second-order valence-corrected chi connectivity index (χ2v) is 17.7. The lowest BCUT2D eigenvalue weighted by atomic mass is 10.0. The average molecular weight is 954 g/mol. The van der Waals surface area contributed by atoms with Crippen molar-refractivity contribution in [2.45, 2.75) is 0 Å². The van der Waals surface area contributed by atoms with E-state index in [9.17, 15) is 0 Å². The summed E-state index contributed by atoms with van der Waals surface area (Å²) in [6, 6.07) is 83.4. The summed E-state index contributed by atoms with van der Waals surface area (Å²) in [5.74, 6) is 1.30. The molecule has 0 spiro atoms. The number of rotatable bonds is 5. The van der Waals surface area contributed by atoms with Gasteiger partial charge in [0.25, 0.3) is 0 Å². The Kier molecular flexibility index (Phi) is 10.9. The summed E-state index contributed by atoms with van der Waals surface area (Å²) in [5, 5.41) is 5.07. The summed E-state index contributed by atoms with van der Waals surface area (Å²) in [6.45, 7) is 0. The van der Waals surface area contributed by atoms with E-state index in [1.165, 1.54) is 65.9 Å². The highest BCUT2D eigenvalue weighted by Crippen LogP contribution is 2.36. The maximum absolute atomic E-state index is 5.96. The van der Waals surface area contributed by atoms with Crippen molar-refractivity contribution in [2.75, 3.05) is 0 Å². The molecule has 0 atom stereocenters. The van der Waals surface area contributed by atoms with Crippen molar-refractivity contribution in [3.8, 4) is 50.8 Å². The fourth-order valence-electron chi connectivity index (χ4n) is 9.06. The van der Waals surface area contributed by atoms with Crippen molar-refractivity contribution in [2.24, 2.45) is 0 Å². The highest BCUT2D eigenvalue weighted by molar-refractivity contribution is 9.10. The molecule has 0 aliphatic heterocycles. The monoisotopic (exact) mass is 952 g/mol. The highest BCUT2D eigenvalue weighted by Gasteiger charge is 2.15. The molecule has 0 saturated carbocycles. The number of fused-ring (bicyclic) bond motifs is 8. The second kappa shape index (κ2) is 18.1. The molecule has 0 unspecified atom stereocenters. The third kappa shape index (κ3) is 8.26. The van der Waals surface area contributed by atoms with Crippen LogP contribution in [-0.2, 0) is 0 Å². The molecule has 4 aromatic heterocycles. The van der Waals surface area contributed by atoms with E-state index in [0.29, 0.717) is 11.8 Å². The van der Waals surface area contributed by atoms with Gasteiger partial charge in [-0.15, -0.1) is 0 Å². The molecule has 0 radical (unpaired) electrons. The summed E-state index contributed by atoms with van der Waals surface area (Å²) >= 11 is 3.40. The van der Waals surface area contributed by atoms with Gasteiger partial charge in [0.2, 0.25) is 11.8 Å². The number of para-hydroxylation sites is 6. The Bertz CT molecular complexity index is 4010. The third-order valence-electron chi connectivity index (χ3n) is 12.4. The minimum absolute atomic E-state index is 0.641. The van der Waals surface area contributed by atoms with Gasteiger partial charge in [0, 0.05) is 53.9 Å². The predicted molar refractivity (Wildman–Crippen MR) is 288 cm³/mol. The Morgan fingerprint density at radius 3 is 1.43 bits per heavy atom. The SMILES string of the molecule is Brc1ccc(-c2nc3ccccc3o2)cc1.c1ccc(-c2ccc3[nH]c4ccccc4c3c2)cc1.c1ccc(-c2ccc3c(c2)c2ccccc2n3-c2ccc(-c3nc4ccccc4o3)cc2)cc1. The lowest BCUT2D eigenvalue weighted by Crippen LogP contribution is -1.93. The van der Waals surface area contributed by atoms with Crippen LogP contribution in [0.25, 0.3) is 117 Å². The fourth-order valence-corrected chi connectivity index (χ4v) is 9.32. The zero-order chi connectivity index (χ0) is 46.1. The summed E-state index contributed by atoms with van der Waals surface area (Å²) in [6.07, 6.45) is 0. The number of aromatic amines is 1. The van der Waals surface area contributed by atoms with Crippen LogP contribution in [0, 0.1) is 0 Å². The Balaban J connectivity index is 0.000000118. The number of hydrogen-bond donors (Lipinski definition) is 1. The van der Waals surface area contributed by atoms with E-state index in [4.69, 9.17) is 8.83 Å². The van der Waals surface area contributed by atoms with Crippen molar-refractivity contribution in [1.82, 2.24) is 19.5 Å². The van der Waals surface area contributed by atoms with Crippen LogP contribution in [-0.4, -0.2) is 19.5 Å². The summed E-state index contributed by atoms with van der Waals surface area (Å²) in [4.78, 5) is 12.5. The predicted octanol–water partition coefficient (Wildman–Crippen LogP) is 17.5. The minimum Gasteiger partial charge on any atom is -0.436 e. The zero-order valence-electron chi connectivity index (χ0n) is 37.1. The van der Waals surface area contributed by atoms with Gasteiger partial charge in [-0.25, -0.2) is 9.97 Å². The Labute approximate surface area is 405 Å². The Morgan fingerprint density at radius 2 is 0.812 bits per heavy atom. The van der Waals surface area contributed by atoms with Crippen molar-refractivity contribution in [3.05, 3.63) is 247 Å². The quantitative estimate of drug-likeness (QED) is 0.187. The van der Waals surface area contributed by atoms with E-state index in [0.717, 1.165) is 43.5 Å². The van der Waals surface area contributed by atoms with E-state index < -0.39 is 0 Å². The van der Waals surface area contributed by atoms with E-state index >= 15 is 0 Å². The van der Waals surface area contributed by atoms with Gasteiger partial charge in [-0.1, -0.05) is 149 Å². The number of H-pyrrole nitrogens is 1. The topological polar surface area (TPSA) is 72.8 Å². The molecule has 14 aromatic rings. The number of nitrogens with one attached hydrogen (secondary N) is 1. The fraction of sp³-hybridized carbons (Fsp3) is 0. The molecule has 0 aliphatic rings. The van der Waals surface area contributed by atoms with Crippen LogP contribution in [0.1, 0.15) is 0 Å². The van der Waals surface area contributed by atoms with Crippen LogP contribution in [0.15, 0.2) is 256 Å². The molecule has 0 aliphatic carbocycles. The lowest BCUT2D eigenvalue weighted by molar-refractivity contribution is 0.619. The molecule has 0 saturated heterocycles. The summed E-state index contributed by atoms with van der Waals surface area (Å²) in [7, 11) is 0. The van der Waals surface area contributed by atoms with E-state index in [-0.39, 0.29) is 0 Å². The number of hydrogen-bond acceptors (Lipinski definition) is 4. The van der Waals surface area contributed by atoms with Crippen LogP contribution >= 0.6 is 15.9 Å². The largest absolute Gasteiger partial charge is 0.436 e. The maximum atomic E-state index is 5.96. The van der Waals surface area contributed by atoms with E-state index in [1.54, 1.807) is 0 Å². The van der Waals surface area contributed by atoms with Crippen LogP contribution in [0.4, 0.5) is 0 Å². The van der Waals surface area contributed by atoms with Gasteiger partial charge in [0.05, 0.1) is 11.0 Å². The first kappa shape index (κ1) is 41.6. The smallest absolute Gasteiger partial charge is 0.227 e. The van der Waals surface area contributed by atoms with Gasteiger partial charge < -0.3 is 18.4 Å². The number of oxazole rings is 2. The van der Waals surface area contributed by atoms with Crippen LogP contribution in [0.3, 0.4) is 0 Å². The molecule has 1 N–H and O–H groups in total. The molecule has 7 heteroatoms. The molecule has 10 aromatic carbocycles. The Hall–Kier alpha value is -8.78. The van der Waals surface area contributed by atoms with Gasteiger partial charge in [-0.2, -0.15) is 0 Å². The zero-order valence-corrected chi connectivity index (χ0v) is 38.7. The molecule has 14 rings (SSSR count). The van der Waals surface area contributed by atoms with Gasteiger partial charge >= 0.3 is 0 Å². The highest BCUT2D eigenvalue weighted by atomic mass is 79.9. The minimum atomic E-state index is 0.641. The third-order valence-corrected chi connectivity index (χ3v) is 13.0. The number of aromatic nitrogens is 4. The molecule has 0 bridgehead atoms. The first-order chi connectivity index (χ1) is 34.1. The first-order valence-electron chi connectivity index (χ1n) is 22.8. The Morgan fingerprint density at radius 1 is 0.348 bits per heavy atom. The maximum Gasteiger partial charge on any atom is 0.227 e. The molecule has 69 heavy (non-hydrogen) atoms. The van der Waals surface area contributed by atoms with Crippen molar-refractivity contribution < 1.29 is 8.83 Å². The van der Waals surface area contributed by atoms with Gasteiger partial charge in [0.15, 0.2) is 11.2 Å².